The van der Waals surface area contributed by atoms with Crippen molar-refractivity contribution < 1.29 is 4.79 Å². The normalized spacial score (nSPS) is 14.2. The molecule has 0 aliphatic rings. The molecule has 3 heteroatoms. The summed E-state index contributed by atoms with van der Waals surface area (Å²) in [6.45, 7) is 10.9. The van der Waals surface area contributed by atoms with Crippen LogP contribution in [0.1, 0.15) is 41.0 Å². The molecule has 84 valence electrons. The van der Waals surface area contributed by atoms with Gasteiger partial charge in [-0.25, -0.2) is 0 Å². The molecule has 3 N–H and O–H groups in total. The fraction of sp³-hybridized carbons (Fsp3) is 0.909. The number of carbonyl (C=O) groups excluding carboxylic acids is 1. The molecule has 0 aromatic heterocycles. The minimum absolute atomic E-state index is 0.0463. The first-order valence-electron chi connectivity index (χ1n) is 5.28. The van der Waals surface area contributed by atoms with Gasteiger partial charge in [0.25, 0.3) is 0 Å². The predicted octanol–water partition coefficient (Wildman–Crippen LogP) is 1.52. The van der Waals surface area contributed by atoms with Crippen molar-refractivity contribution in [2.24, 2.45) is 17.6 Å². The Bertz CT molecular complexity index is 182. The summed E-state index contributed by atoms with van der Waals surface area (Å²) in [7, 11) is 0. The van der Waals surface area contributed by atoms with Crippen molar-refractivity contribution in [3.63, 3.8) is 0 Å². The van der Waals surface area contributed by atoms with E-state index in [4.69, 9.17) is 5.73 Å². The van der Waals surface area contributed by atoms with Crippen LogP contribution in [0.25, 0.3) is 0 Å². The summed E-state index contributed by atoms with van der Waals surface area (Å²) in [5.74, 6) is 1.16. The van der Waals surface area contributed by atoms with E-state index in [2.05, 4.69) is 26.1 Å². The Labute approximate surface area is 87.4 Å². The van der Waals surface area contributed by atoms with Gasteiger partial charge in [0.05, 0.1) is 0 Å². The first kappa shape index (κ1) is 13.4. The fourth-order valence-electron chi connectivity index (χ4n) is 0.987. The Balaban J connectivity index is 3.75. The maximum absolute atomic E-state index is 11.4. The molecular weight excluding hydrogens is 176 g/mol. The topological polar surface area (TPSA) is 55.1 Å². The van der Waals surface area contributed by atoms with Gasteiger partial charge in [0.15, 0.2) is 0 Å². The second-order valence-electron chi connectivity index (χ2n) is 5.19. The van der Waals surface area contributed by atoms with Crippen LogP contribution in [0.2, 0.25) is 0 Å². The van der Waals surface area contributed by atoms with Crippen LogP contribution in [0.4, 0.5) is 0 Å². The molecule has 0 saturated carbocycles. The van der Waals surface area contributed by atoms with Crippen LogP contribution >= 0.6 is 0 Å². The third-order valence-electron chi connectivity index (χ3n) is 2.38. The van der Waals surface area contributed by atoms with Crippen molar-refractivity contribution in [2.75, 3.05) is 6.54 Å². The van der Waals surface area contributed by atoms with Gasteiger partial charge < -0.3 is 11.1 Å². The lowest BCUT2D eigenvalue weighted by atomic mass is 9.97. The van der Waals surface area contributed by atoms with Crippen LogP contribution < -0.4 is 11.1 Å². The van der Waals surface area contributed by atoms with Crippen molar-refractivity contribution in [3.8, 4) is 0 Å². The molecule has 14 heavy (non-hydrogen) atoms. The van der Waals surface area contributed by atoms with Crippen molar-refractivity contribution in [1.29, 1.82) is 0 Å². The van der Waals surface area contributed by atoms with Crippen LogP contribution in [-0.2, 0) is 4.79 Å². The highest BCUT2D eigenvalue weighted by Gasteiger charge is 2.16. The molecule has 0 radical (unpaired) electrons. The van der Waals surface area contributed by atoms with Crippen LogP contribution in [-0.4, -0.2) is 18.0 Å². The summed E-state index contributed by atoms with van der Waals surface area (Å²) in [5, 5.41) is 2.90. The number of hydrogen-bond acceptors (Lipinski definition) is 2. The molecule has 0 bridgehead atoms. The average molecular weight is 200 g/mol. The zero-order valence-corrected chi connectivity index (χ0v) is 10.1. The lowest BCUT2D eigenvalue weighted by Crippen LogP contribution is -2.40. The Morgan fingerprint density at radius 1 is 1.36 bits per heavy atom. The molecule has 0 rings (SSSR count). The van der Waals surface area contributed by atoms with Gasteiger partial charge in [0.1, 0.15) is 0 Å². The molecule has 0 aliphatic heterocycles. The largest absolute Gasteiger partial charge is 0.356 e. The van der Waals surface area contributed by atoms with Gasteiger partial charge >= 0.3 is 0 Å². The van der Waals surface area contributed by atoms with Crippen LogP contribution in [0.5, 0.6) is 0 Å². The summed E-state index contributed by atoms with van der Waals surface area (Å²) < 4.78 is 0. The van der Waals surface area contributed by atoms with Crippen LogP contribution in [0.15, 0.2) is 0 Å². The van der Waals surface area contributed by atoms with Gasteiger partial charge in [-0.05, 0) is 25.7 Å². The summed E-state index contributed by atoms with van der Waals surface area (Å²) >= 11 is 0. The van der Waals surface area contributed by atoms with Gasteiger partial charge in [0, 0.05) is 18.5 Å². The van der Waals surface area contributed by atoms with Crippen molar-refractivity contribution >= 4 is 5.91 Å². The molecule has 0 fully saturated rings. The van der Waals surface area contributed by atoms with Crippen LogP contribution in [0.3, 0.4) is 0 Å². The average Bonchev–Trinajstić information content (AvgIpc) is 1.96. The second-order valence-corrected chi connectivity index (χ2v) is 5.19. The van der Waals surface area contributed by atoms with Crippen molar-refractivity contribution in [2.45, 2.75) is 46.6 Å². The summed E-state index contributed by atoms with van der Waals surface area (Å²) in [6.07, 6.45) is 0.387. The van der Waals surface area contributed by atoms with E-state index in [-0.39, 0.29) is 5.91 Å². The molecule has 1 atom stereocenters. The third kappa shape index (κ3) is 6.89. The maximum Gasteiger partial charge on any atom is 0.221 e. The van der Waals surface area contributed by atoms with Crippen molar-refractivity contribution in [1.82, 2.24) is 5.32 Å². The Morgan fingerprint density at radius 3 is 2.21 bits per heavy atom. The van der Waals surface area contributed by atoms with E-state index >= 15 is 0 Å². The Hall–Kier alpha value is -0.570. The van der Waals surface area contributed by atoms with Gasteiger partial charge in [-0.3, -0.25) is 4.79 Å². The first-order valence-corrected chi connectivity index (χ1v) is 5.28. The van der Waals surface area contributed by atoms with Gasteiger partial charge in [-0.1, -0.05) is 20.8 Å². The summed E-state index contributed by atoms with van der Waals surface area (Å²) in [4.78, 5) is 11.4. The Morgan fingerprint density at radius 2 is 1.86 bits per heavy atom. The summed E-state index contributed by atoms with van der Waals surface area (Å²) in [6, 6.07) is 0. The Kier molecular flexibility index (Phi) is 5.13. The quantitative estimate of drug-likeness (QED) is 0.707. The number of nitrogens with one attached hydrogen (secondary N) is 1. The number of carbonyl (C=O) groups is 1. The van der Waals surface area contributed by atoms with Gasteiger partial charge in [-0.2, -0.15) is 0 Å². The number of amides is 1. The molecule has 1 amide bonds. The molecule has 0 saturated heterocycles. The van der Waals surface area contributed by atoms with Gasteiger partial charge in [-0.15, -0.1) is 0 Å². The molecule has 1 unspecified atom stereocenters. The van der Waals surface area contributed by atoms with E-state index in [0.29, 0.717) is 18.3 Å². The SMILES string of the molecule is CC(C)C(C)CNC(=O)CC(C)(C)N. The number of hydrogen-bond donors (Lipinski definition) is 2. The lowest BCUT2D eigenvalue weighted by Gasteiger charge is -2.20. The first-order chi connectivity index (χ1) is 6.22. The molecule has 0 spiro atoms. The standard InChI is InChI=1S/C11H24N2O/c1-8(2)9(3)7-13-10(14)6-11(4,5)12/h8-9H,6-7,12H2,1-5H3,(H,13,14). The smallest absolute Gasteiger partial charge is 0.221 e. The fourth-order valence-corrected chi connectivity index (χ4v) is 0.987. The van der Waals surface area contributed by atoms with Gasteiger partial charge in [0.2, 0.25) is 5.91 Å². The van der Waals surface area contributed by atoms with E-state index in [1.807, 2.05) is 13.8 Å². The highest BCUT2D eigenvalue weighted by molar-refractivity contribution is 5.77. The molecule has 0 aliphatic carbocycles. The zero-order chi connectivity index (χ0) is 11.4. The minimum atomic E-state index is -0.412. The van der Waals surface area contributed by atoms with E-state index in [1.54, 1.807) is 0 Å². The number of rotatable bonds is 5. The molecular formula is C11H24N2O. The molecule has 0 aromatic carbocycles. The predicted molar refractivity (Wildman–Crippen MR) is 59.9 cm³/mol. The lowest BCUT2D eigenvalue weighted by molar-refractivity contribution is -0.122. The third-order valence-corrected chi connectivity index (χ3v) is 2.38. The number of nitrogens with two attached hydrogens (primary N) is 1. The maximum atomic E-state index is 11.4. The minimum Gasteiger partial charge on any atom is -0.356 e. The molecule has 0 aromatic rings. The van der Waals surface area contributed by atoms with Crippen LogP contribution in [0, 0.1) is 11.8 Å². The van der Waals surface area contributed by atoms with Crippen molar-refractivity contribution in [3.05, 3.63) is 0 Å². The van der Waals surface area contributed by atoms with E-state index in [9.17, 15) is 4.79 Å². The molecule has 0 heterocycles. The van der Waals surface area contributed by atoms with E-state index in [0.717, 1.165) is 6.54 Å². The highest BCUT2D eigenvalue weighted by atomic mass is 16.1. The zero-order valence-electron chi connectivity index (χ0n) is 10.1. The van der Waals surface area contributed by atoms with E-state index in [1.165, 1.54) is 0 Å². The summed E-state index contributed by atoms with van der Waals surface area (Å²) in [5.41, 5.74) is 5.33. The molecule has 3 nitrogen and oxygen atoms in total. The monoisotopic (exact) mass is 200 g/mol. The second kappa shape index (κ2) is 5.35. The van der Waals surface area contributed by atoms with E-state index < -0.39 is 5.54 Å². The highest BCUT2D eigenvalue weighted by Crippen LogP contribution is 2.08.